The number of fused-ring (bicyclic) bond motifs is 1. The maximum absolute atomic E-state index is 5.90. The number of aryl methyl sites for hydroxylation is 1. The second kappa shape index (κ2) is 12.7. The van der Waals surface area contributed by atoms with Gasteiger partial charge in [0.25, 0.3) is 0 Å². The number of aliphatic imine (C=N–C) groups is 1. The molecule has 176 valence electrons. The molecule has 0 amide bonds. The van der Waals surface area contributed by atoms with Crippen molar-refractivity contribution in [2.24, 2.45) is 4.99 Å². The lowest BCUT2D eigenvalue weighted by Crippen LogP contribution is -2.36. The highest BCUT2D eigenvalue weighted by Crippen LogP contribution is 2.34. The van der Waals surface area contributed by atoms with Crippen LogP contribution in [-0.2, 0) is 24.2 Å². The third-order valence-electron chi connectivity index (χ3n) is 5.18. The zero-order valence-electron chi connectivity index (χ0n) is 19.5. The van der Waals surface area contributed by atoms with Gasteiger partial charge in [0.1, 0.15) is 30.0 Å². The van der Waals surface area contributed by atoms with Crippen molar-refractivity contribution in [1.82, 2.24) is 10.6 Å². The van der Waals surface area contributed by atoms with Crippen molar-refractivity contribution in [3.05, 3.63) is 52.6 Å². The van der Waals surface area contributed by atoms with Crippen molar-refractivity contribution in [1.29, 1.82) is 0 Å². The van der Waals surface area contributed by atoms with Gasteiger partial charge in [0, 0.05) is 50.4 Å². The van der Waals surface area contributed by atoms with Crippen molar-refractivity contribution in [3.63, 3.8) is 0 Å². The van der Waals surface area contributed by atoms with Gasteiger partial charge in [-0.2, -0.15) is 0 Å². The number of rotatable bonds is 9. The van der Waals surface area contributed by atoms with Crippen LogP contribution in [0.1, 0.15) is 29.2 Å². The lowest BCUT2D eigenvalue weighted by atomic mass is 10.1. The predicted octanol–water partition coefficient (Wildman–Crippen LogP) is 3.84. The summed E-state index contributed by atoms with van der Waals surface area (Å²) in [5.74, 6) is 3.34. The van der Waals surface area contributed by atoms with E-state index < -0.39 is 0 Å². The summed E-state index contributed by atoms with van der Waals surface area (Å²) in [4.78, 5) is 4.34. The first-order chi connectivity index (χ1) is 15.0. The molecule has 7 nitrogen and oxygen atoms in total. The Kier molecular flexibility index (Phi) is 10.4. The van der Waals surface area contributed by atoms with Gasteiger partial charge < -0.3 is 29.6 Å². The van der Waals surface area contributed by atoms with E-state index in [4.69, 9.17) is 18.9 Å². The molecule has 0 aromatic heterocycles. The molecule has 1 heterocycles. The molecule has 0 aliphatic carbocycles. The van der Waals surface area contributed by atoms with Crippen LogP contribution in [0, 0.1) is 6.92 Å². The summed E-state index contributed by atoms with van der Waals surface area (Å²) in [6, 6.07) is 10.3. The molecule has 1 unspecified atom stereocenters. The molecule has 2 aromatic carbocycles. The highest BCUT2D eigenvalue weighted by Gasteiger charge is 2.21. The summed E-state index contributed by atoms with van der Waals surface area (Å²) >= 11 is 0. The van der Waals surface area contributed by atoms with Crippen molar-refractivity contribution in [3.8, 4) is 17.2 Å². The quantitative estimate of drug-likeness (QED) is 0.212. The van der Waals surface area contributed by atoms with Crippen LogP contribution >= 0.6 is 24.0 Å². The smallest absolute Gasteiger partial charge is 0.191 e. The van der Waals surface area contributed by atoms with Gasteiger partial charge in [-0.1, -0.05) is 12.1 Å². The Hall–Kier alpha value is -2.20. The van der Waals surface area contributed by atoms with Crippen LogP contribution in [-0.4, -0.2) is 46.5 Å². The lowest BCUT2D eigenvalue weighted by molar-refractivity contribution is 0.145. The van der Waals surface area contributed by atoms with Crippen LogP contribution in [0.3, 0.4) is 0 Å². The third kappa shape index (κ3) is 6.90. The van der Waals surface area contributed by atoms with Crippen LogP contribution in [0.15, 0.2) is 35.3 Å². The van der Waals surface area contributed by atoms with Gasteiger partial charge in [0.05, 0.1) is 13.7 Å². The van der Waals surface area contributed by atoms with Gasteiger partial charge in [0.15, 0.2) is 5.96 Å². The van der Waals surface area contributed by atoms with Crippen LogP contribution in [0.5, 0.6) is 17.2 Å². The van der Waals surface area contributed by atoms with Gasteiger partial charge in [-0.15, -0.1) is 24.0 Å². The third-order valence-corrected chi connectivity index (χ3v) is 5.18. The highest BCUT2D eigenvalue weighted by atomic mass is 127. The van der Waals surface area contributed by atoms with Crippen molar-refractivity contribution in [2.45, 2.75) is 39.5 Å². The van der Waals surface area contributed by atoms with E-state index in [9.17, 15) is 0 Å². The predicted molar refractivity (Wildman–Crippen MR) is 138 cm³/mol. The number of guanidine groups is 1. The summed E-state index contributed by atoms with van der Waals surface area (Å²) in [5, 5.41) is 6.72. The van der Waals surface area contributed by atoms with Gasteiger partial charge in [-0.25, -0.2) is 0 Å². The first-order valence-electron chi connectivity index (χ1n) is 10.6. The number of nitrogens with zero attached hydrogens (tertiary/aromatic N) is 1. The van der Waals surface area contributed by atoms with Gasteiger partial charge in [-0.05, 0) is 37.6 Å². The van der Waals surface area contributed by atoms with Crippen LogP contribution in [0.2, 0.25) is 0 Å². The Morgan fingerprint density at radius 3 is 2.50 bits per heavy atom. The average Bonchev–Trinajstić information content (AvgIpc) is 3.13. The Labute approximate surface area is 207 Å². The van der Waals surface area contributed by atoms with Gasteiger partial charge >= 0.3 is 0 Å². The molecule has 0 bridgehead atoms. The maximum atomic E-state index is 5.90. The molecule has 0 spiro atoms. The van der Waals surface area contributed by atoms with Gasteiger partial charge in [-0.3, -0.25) is 4.99 Å². The zero-order chi connectivity index (χ0) is 22.2. The number of methoxy groups -OCH3 is 2. The molecule has 3 rings (SSSR count). The number of ether oxygens (including phenoxy) is 4. The second-order valence-electron chi connectivity index (χ2n) is 7.64. The topological polar surface area (TPSA) is 73.3 Å². The zero-order valence-corrected chi connectivity index (χ0v) is 21.8. The van der Waals surface area contributed by atoms with E-state index in [1.165, 1.54) is 5.56 Å². The minimum Gasteiger partial charge on any atom is -0.496 e. The normalized spacial score (nSPS) is 14.8. The molecule has 1 aliphatic rings. The van der Waals surface area contributed by atoms with Crippen LogP contribution in [0.25, 0.3) is 0 Å². The maximum Gasteiger partial charge on any atom is 0.191 e. The minimum absolute atomic E-state index is 0. The van der Waals surface area contributed by atoms with Crippen molar-refractivity contribution < 1.29 is 18.9 Å². The molecule has 0 saturated carbocycles. The number of nitrogens with one attached hydrogen (secondary N) is 2. The number of hydrogen-bond donors (Lipinski definition) is 2. The number of hydrogen-bond acceptors (Lipinski definition) is 5. The molecular formula is C24H34IN3O4. The van der Waals surface area contributed by atoms with Crippen molar-refractivity contribution in [2.75, 3.05) is 34.5 Å². The fourth-order valence-corrected chi connectivity index (χ4v) is 3.57. The van der Waals surface area contributed by atoms with E-state index in [0.29, 0.717) is 32.3 Å². The molecule has 0 saturated heterocycles. The summed E-state index contributed by atoms with van der Waals surface area (Å²) in [7, 11) is 5.12. The highest BCUT2D eigenvalue weighted by molar-refractivity contribution is 14.0. The first-order valence-corrected chi connectivity index (χ1v) is 10.6. The van der Waals surface area contributed by atoms with Crippen LogP contribution < -0.4 is 24.8 Å². The summed E-state index contributed by atoms with van der Waals surface area (Å²) < 4.78 is 22.5. The van der Waals surface area contributed by atoms with E-state index in [2.05, 4.69) is 53.7 Å². The molecule has 0 fully saturated rings. The van der Waals surface area contributed by atoms with Gasteiger partial charge in [0.2, 0.25) is 0 Å². The Balaban J connectivity index is 0.00000363. The Morgan fingerprint density at radius 2 is 1.81 bits per heavy atom. The first kappa shape index (κ1) is 26.1. The number of halogens is 1. The van der Waals surface area contributed by atoms with E-state index >= 15 is 0 Å². The summed E-state index contributed by atoms with van der Waals surface area (Å²) in [5.41, 5.74) is 4.43. The molecule has 2 N–H and O–H groups in total. The van der Waals surface area contributed by atoms with E-state index in [0.717, 1.165) is 40.4 Å². The summed E-state index contributed by atoms with van der Waals surface area (Å²) in [6.45, 7) is 6.35. The fraction of sp³-hybridized carbons (Fsp3) is 0.458. The second-order valence-corrected chi connectivity index (χ2v) is 7.64. The molecule has 2 aromatic rings. The number of benzene rings is 2. The van der Waals surface area contributed by atoms with E-state index in [1.807, 2.05) is 6.07 Å². The molecule has 32 heavy (non-hydrogen) atoms. The summed E-state index contributed by atoms with van der Waals surface area (Å²) in [6.07, 6.45) is 1.11. The molecule has 0 radical (unpaired) electrons. The standard InChI is InChI=1S/C24H33N3O4.HI/c1-16-6-7-18(22(10-16)30-9-8-28-4)14-26-24(25-3)27-15-20-13-23-19(11-17(2)31-23)12-21(20)29-5;/h6-7,10,12-13,17H,8-9,11,14-15H2,1-5H3,(H2,25,26,27);1H. The SMILES string of the molecule is CN=C(NCc1cc2c(cc1OC)CC(C)O2)NCc1ccc(C)cc1OCCOC.I. The average molecular weight is 555 g/mol. The molecular weight excluding hydrogens is 521 g/mol. The Bertz CT molecular complexity index is 920. The molecule has 8 heteroatoms. The lowest BCUT2D eigenvalue weighted by Gasteiger charge is -2.16. The molecule has 1 aliphatic heterocycles. The minimum atomic E-state index is 0. The Morgan fingerprint density at radius 1 is 1.06 bits per heavy atom. The van der Waals surface area contributed by atoms with Crippen LogP contribution in [0.4, 0.5) is 0 Å². The largest absolute Gasteiger partial charge is 0.496 e. The van der Waals surface area contributed by atoms with E-state index in [-0.39, 0.29) is 30.1 Å². The molecule has 1 atom stereocenters. The monoisotopic (exact) mass is 555 g/mol. The fourth-order valence-electron chi connectivity index (χ4n) is 3.57. The van der Waals surface area contributed by atoms with E-state index in [1.54, 1.807) is 21.3 Å². The van der Waals surface area contributed by atoms with Crippen molar-refractivity contribution >= 4 is 29.9 Å².